The van der Waals surface area contributed by atoms with Crippen molar-refractivity contribution in [3.8, 4) is 11.8 Å². The number of alkyl carbamates (subject to hydrolysis) is 2. The number of rotatable bonds is 61. The second kappa shape index (κ2) is 59.8. The number of carboxylic acids is 2. The highest BCUT2D eigenvalue weighted by molar-refractivity contribution is 7.09. The van der Waals surface area contributed by atoms with Gasteiger partial charge in [0.05, 0.1) is 82.2 Å². The van der Waals surface area contributed by atoms with Crippen LogP contribution >= 0.6 is 11.3 Å². The third kappa shape index (κ3) is 39.8. The van der Waals surface area contributed by atoms with Gasteiger partial charge in [-0.3, -0.25) is 57.6 Å². The van der Waals surface area contributed by atoms with Gasteiger partial charge in [0.25, 0.3) is 5.91 Å². The Balaban J connectivity index is 0.873. The lowest BCUT2D eigenvalue weighted by atomic mass is 9.84. The number of hydrogen-bond donors (Lipinski definition) is 14. The highest BCUT2D eigenvalue weighted by Crippen LogP contribution is 2.34. The molecule has 0 aliphatic carbocycles. The van der Waals surface area contributed by atoms with Crippen molar-refractivity contribution >= 4 is 112 Å². The fraction of sp³-hybridized carbons (Fsp3) is 0.566. The first-order chi connectivity index (χ1) is 66.4. The number of piperidine rings is 1. The Morgan fingerprint density at radius 2 is 1.29 bits per heavy atom. The van der Waals surface area contributed by atoms with Gasteiger partial charge in [0, 0.05) is 99.1 Å². The monoisotopic (exact) mass is 1960 g/mol. The molecule has 40 heteroatoms. The van der Waals surface area contributed by atoms with Crippen molar-refractivity contribution in [2.45, 2.75) is 239 Å². The normalized spacial score (nSPS) is 14.7. The van der Waals surface area contributed by atoms with E-state index in [4.69, 9.17) is 44.9 Å². The lowest BCUT2D eigenvalue weighted by Gasteiger charge is -2.40. The molecule has 16 N–H and O–H groups in total. The number of amides is 13. The van der Waals surface area contributed by atoms with E-state index >= 15 is 4.79 Å². The summed E-state index contributed by atoms with van der Waals surface area (Å²) in [6.07, 6.45) is 2.13. The van der Waals surface area contributed by atoms with Crippen LogP contribution in [-0.2, 0) is 95.9 Å². The van der Waals surface area contributed by atoms with Gasteiger partial charge in [-0.15, -0.1) is 11.3 Å². The van der Waals surface area contributed by atoms with E-state index in [2.05, 4.69) is 71.9 Å². The maximum Gasteiger partial charge on any atom is 0.407 e. The molecule has 0 unspecified atom stereocenters. The first-order valence-corrected chi connectivity index (χ1v) is 48.7. The van der Waals surface area contributed by atoms with Crippen LogP contribution in [0.2, 0.25) is 0 Å². The summed E-state index contributed by atoms with van der Waals surface area (Å²) in [6, 6.07) is 17.7. The Kier molecular flexibility index (Phi) is 48.8. The smallest absolute Gasteiger partial charge is 0.407 e. The van der Waals surface area contributed by atoms with Gasteiger partial charge in [-0.25, -0.2) is 23.8 Å². The van der Waals surface area contributed by atoms with Crippen molar-refractivity contribution in [3.63, 3.8) is 0 Å². The van der Waals surface area contributed by atoms with Crippen LogP contribution in [0.25, 0.3) is 0 Å². The second-order valence-corrected chi connectivity index (χ2v) is 36.8. The molecule has 1 aromatic heterocycles. The molecule has 4 aromatic carbocycles. The molecule has 38 nitrogen and oxygen atoms in total. The number of halogens is 1. The Labute approximate surface area is 816 Å². The van der Waals surface area contributed by atoms with Crippen LogP contribution in [0, 0.1) is 40.8 Å². The predicted octanol–water partition coefficient (Wildman–Crippen LogP) is 8.90. The summed E-state index contributed by atoms with van der Waals surface area (Å²) in [4.78, 5) is 199. The SMILES string of the molecule is CCCCCCN(C(=O)[C@@H](NC(=O)[C@H]1CCCCN1C)[C@@H](C)CC)[C@H](C[C@@H](OC(=O)NCCNC(=O)OCc1ccc(NC(=O)[C@H](CCCNC(N)=O)NC(=O)[C@@H](NC(=O)[C@H](CCC(=O)O)NC(=O)CCOCCOCCOCCOCCNC(=O)CCC(=O)N2Cc3ccccc3C#Cc3ccccc32)C(C)C)cc1)c1nc(C(=O)N[C@@H](Cc2ccc(N)c(F)c2)CC(C)(C)C(=O)O)cs1)C(C)C. The van der Waals surface area contributed by atoms with E-state index in [0.717, 1.165) is 66.7 Å². The average Bonchev–Trinajstić information content (AvgIpc) is 1.25. The van der Waals surface area contributed by atoms with Gasteiger partial charge >= 0.3 is 30.2 Å². The number of unbranched alkanes of at least 4 members (excludes halogenated alkanes) is 3. The Morgan fingerprint density at radius 3 is 1.95 bits per heavy atom. The summed E-state index contributed by atoms with van der Waals surface area (Å²) in [7, 11) is 1.90. The van der Waals surface area contributed by atoms with E-state index in [1.165, 1.54) is 43.5 Å². The number of likely N-dealkylation sites (tertiary alicyclic amines) is 1. The lowest BCUT2D eigenvalue weighted by Crippen LogP contribution is -2.59. The van der Waals surface area contributed by atoms with Crippen LogP contribution in [0.5, 0.6) is 0 Å². The van der Waals surface area contributed by atoms with Gasteiger partial charge in [-0.05, 0) is 156 Å². The third-order valence-corrected chi connectivity index (χ3v) is 24.7. The topological polar surface area (TPSA) is 530 Å². The maximum atomic E-state index is 15.4. The number of likely N-dealkylation sites (N-methyl/N-ethyl adjacent to an activating group) is 1. The molecular formula is C99H141FN16O22S. The van der Waals surface area contributed by atoms with Gasteiger partial charge in [0.2, 0.25) is 47.3 Å². The largest absolute Gasteiger partial charge is 0.481 e. The van der Waals surface area contributed by atoms with Crippen LogP contribution < -0.4 is 69.5 Å². The number of nitrogens with one attached hydrogen (secondary N) is 10. The number of anilines is 3. The Hall–Kier alpha value is -12.4. The molecule has 139 heavy (non-hydrogen) atoms. The number of ether oxygens (including phenoxy) is 6. The fourth-order valence-electron chi connectivity index (χ4n) is 15.6. The number of nitrogens with zero attached hydrogens (tertiary/aromatic N) is 4. The number of nitrogens with two attached hydrogens (primary N) is 2. The molecule has 3 heterocycles. The number of aromatic nitrogens is 1. The molecule has 9 atom stereocenters. The van der Waals surface area contributed by atoms with Gasteiger partial charge < -0.3 is 113 Å². The van der Waals surface area contributed by atoms with Gasteiger partial charge in [0.1, 0.15) is 47.3 Å². The second-order valence-electron chi connectivity index (χ2n) is 35.9. The molecule has 13 amide bonds. The summed E-state index contributed by atoms with van der Waals surface area (Å²) in [5.74, 6) is -2.66. The minimum absolute atomic E-state index is 0.00195. The molecule has 2 aliphatic rings. The van der Waals surface area contributed by atoms with Crippen molar-refractivity contribution in [1.29, 1.82) is 0 Å². The molecular weight excluding hydrogens is 1820 g/mol. The predicted molar refractivity (Wildman–Crippen MR) is 520 cm³/mol. The summed E-state index contributed by atoms with van der Waals surface area (Å²) in [5, 5.41) is 48.4. The standard InChI is InChI=1S/C99H141FN16O22S/c1-11-13-14-20-47-115(94(127)87(65(7)12-2)113-91(125)79-28-19-21-46-114(79)10)80(63(3)4)58-81(93-111-77(62-139-93)90(124)108-72(59-99(8,9)95(128)129)56-67-31-36-74(101)73(100)57-67)138-98(132)106-44-43-105-97(131)137-61-66-29-34-71(35-30-66)107-88(122)75(26-22-42-104-96(102)130)110-92(126)86(64(5)6)112-89(123)76(37-40-85(120)121)109-83(118)41-48-133-50-52-135-54-55-136-53-51-134-49-45-103-82(117)38-39-84(119)116-60-70-25-16-15-23-68(70)32-33-69-24-17-18-27-78(69)116/h15-18,23-25,27,29-31,34-36,57,62-65,72,75-76,79-81,86-87H,11-14,19-22,26,28,37-56,58-61,101H2,1-10H3,(H,103,117)(H,105,131)(H,106,132)(H,107,122)(H,108,124)(H,109,118)(H,110,126)(H,112,123)(H,113,125)(H,120,121)(H,128,129)(H3,102,104,130)/t65-,72-,75-,76-,79+,80+,81+,86-,87-/m0/s1. The Bertz CT molecular complexity index is 4940. The number of carbonyl (C=O) groups is 14. The zero-order valence-corrected chi connectivity index (χ0v) is 82.2. The zero-order chi connectivity index (χ0) is 102. The Morgan fingerprint density at radius 1 is 0.640 bits per heavy atom. The van der Waals surface area contributed by atoms with E-state index in [1.807, 2.05) is 88.2 Å². The quantitative estimate of drug-likeness (QED) is 0.00981. The van der Waals surface area contributed by atoms with E-state index in [9.17, 15) is 76.9 Å². The lowest BCUT2D eigenvalue weighted by molar-refractivity contribution is -0.147. The molecule has 0 saturated carbocycles. The molecule has 0 bridgehead atoms. The zero-order valence-electron chi connectivity index (χ0n) is 81.4. The van der Waals surface area contributed by atoms with Crippen molar-refractivity contribution < 1.29 is 110 Å². The number of aliphatic carboxylic acids is 2. The number of benzene rings is 4. The van der Waals surface area contributed by atoms with Crippen molar-refractivity contribution in [3.05, 3.63) is 141 Å². The highest BCUT2D eigenvalue weighted by Gasteiger charge is 2.41. The number of thiazole rings is 1. The molecule has 0 radical (unpaired) electrons. The van der Waals surface area contributed by atoms with Crippen LogP contribution in [0.15, 0.2) is 96.4 Å². The van der Waals surface area contributed by atoms with Crippen molar-refractivity contribution in [1.82, 2.24) is 62.6 Å². The van der Waals surface area contributed by atoms with E-state index in [0.29, 0.717) is 49.2 Å². The number of urea groups is 1. The van der Waals surface area contributed by atoms with E-state index in [1.54, 1.807) is 41.8 Å². The van der Waals surface area contributed by atoms with Gasteiger partial charge in [-0.2, -0.15) is 0 Å². The molecule has 7 rings (SSSR count). The van der Waals surface area contributed by atoms with Gasteiger partial charge in [0.15, 0.2) is 6.10 Å². The molecule has 1 saturated heterocycles. The number of fused-ring (bicyclic) bond motifs is 2. The summed E-state index contributed by atoms with van der Waals surface area (Å²) < 4.78 is 48.7. The number of para-hydroxylation sites is 1. The minimum atomic E-state index is -1.41. The van der Waals surface area contributed by atoms with Gasteiger partial charge in [-0.1, -0.05) is 141 Å². The number of carboxylic acid groups (broad SMARTS) is 2. The fourth-order valence-corrected chi connectivity index (χ4v) is 16.4. The molecule has 2 aliphatic heterocycles. The van der Waals surface area contributed by atoms with Crippen LogP contribution in [-0.4, -0.2) is 250 Å². The molecule has 762 valence electrons. The van der Waals surface area contributed by atoms with E-state index in [-0.39, 0.29) is 201 Å². The number of carbonyl (C=O) groups excluding carboxylic acids is 12. The maximum absolute atomic E-state index is 15.4. The van der Waals surface area contributed by atoms with Crippen LogP contribution in [0.1, 0.15) is 221 Å². The first kappa shape index (κ1) is 114. The molecule has 5 aromatic rings. The van der Waals surface area contributed by atoms with E-state index < -0.39 is 132 Å². The van der Waals surface area contributed by atoms with Crippen molar-refractivity contribution in [2.24, 2.45) is 28.9 Å². The first-order valence-electron chi connectivity index (χ1n) is 47.8. The minimum Gasteiger partial charge on any atom is -0.481 e. The number of nitrogen functional groups attached to an aromatic ring is 1. The number of hydrogen-bond acceptors (Lipinski definition) is 24. The summed E-state index contributed by atoms with van der Waals surface area (Å²) >= 11 is 1.01. The highest BCUT2D eigenvalue weighted by atomic mass is 32.1. The summed E-state index contributed by atoms with van der Waals surface area (Å²) in [6.45, 7) is 18.4. The number of primary amides is 1. The molecule has 0 spiro atoms. The molecule has 1 fully saturated rings. The average molecular weight is 1960 g/mol. The third-order valence-electron chi connectivity index (χ3n) is 23.8. The van der Waals surface area contributed by atoms with Crippen molar-refractivity contribution in [2.75, 3.05) is 115 Å². The summed E-state index contributed by atoms with van der Waals surface area (Å²) in [5.41, 5.74) is 13.9. The van der Waals surface area contributed by atoms with Crippen LogP contribution in [0.4, 0.5) is 35.8 Å². The van der Waals surface area contributed by atoms with Crippen LogP contribution in [0.3, 0.4) is 0 Å².